The fourth-order valence-corrected chi connectivity index (χ4v) is 3.07. The molecule has 1 N–H and O–H groups in total. The number of carbonyl (C=O) groups excluding carboxylic acids is 1. The Hall–Kier alpha value is -2.67. The Bertz CT molecular complexity index is 874. The second-order valence-electron chi connectivity index (χ2n) is 5.99. The molecule has 0 saturated heterocycles. The molecule has 2 aromatic heterocycles. The van der Waals surface area contributed by atoms with Crippen molar-refractivity contribution in [2.24, 2.45) is 0 Å². The van der Waals surface area contributed by atoms with Gasteiger partial charge in [-0.3, -0.25) is 4.79 Å². The number of benzene rings is 1. The zero-order chi connectivity index (χ0) is 18.5. The van der Waals surface area contributed by atoms with Crippen LogP contribution in [0.2, 0.25) is 0 Å². The van der Waals surface area contributed by atoms with Gasteiger partial charge in [0.2, 0.25) is 11.7 Å². The fourth-order valence-electron chi connectivity index (χ4n) is 2.42. The van der Waals surface area contributed by atoms with Gasteiger partial charge in [-0.1, -0.05) is 30.3 Å². The molecule has 1 amide bonds. The second-order valence-corrected chi connectivity index (χ2v) is 6.94. The van der Waals surface area contributed by atoms with Gasteiger partial charge in [-0.15, -0.1) is 11.3 Å². The van der Waals surface area contributed by atoms with Gasteiger partial charge in [0.05, 0.1) is 11.4 Å². The molecule has 7 heteroatoms. The molecule has 6 nitrogen and oxygen atoms in total. The summed E-state index contributed by atoms with van der Waals surface area (Å²) in [5, 5.41) is 8.69. The van der Waals surface area contributed by atoms with Crippen LogP contribution in [0.15, 0.2) is 40.2 Å². The summed E-state index contributed by atoms with van der Waals surface area (Å²) in [5.74, 6) is 1.42. The van der Waals surface area contributed by atoms with Crippen molar-refractivity contribution < 1.29 is 14.1 Å². The van der Waals surface area contributed by atoms with Gasteiger partial charge in [0.1, 0.15) is 5.75 Å². The molecular formula is C19H21N3O3S. The number of aromatic nitrogens is 2. The predicted molar refractivity (Wildman–Crippen MR) is 100 cm³/mol. The van der Waals surface area contributed by atoms with Crippen LogP contribution < -0.4 is 10.1 Å². The van der Waals surface area contributed by atoms with E-state index in [-0.39, 0.29) is 12.5 Å². The third kappa shape index (κ3) is 4.29. The van der Waals surface area contributed by atoms with E-state index in [4.69, 9.17) is 9.26 Å². The molecule has 136 valence electrons. The molecule has 0 fully saturated rings. The lowest BCUT2D eigenvalue weighted by Crippen LogP contribution is -2.37. The van der Waals surface area contributed by atoms with E-state index < -0.39 is 6.10 Å². The highest BCUT2D eigenvalue weighted by atomic mass is 32.1. The van der Waals surface area contributed by atoms with Gasteiger partial charge < -0.3 is 14.6 Å². The van der Waals surface area contributed by atoms with E-state index in [0.717, 1.165) is 21.8 Å². The number of ether oxygens (including phenoxy) is 1. The zero-order valence-electron chi connectivity index (χ0n) is 15.0. The largest absolute Gasteiger partial charge is 0.480 e. The standard InChI is InChI=1S/C19H21N3O3S/c1-4-14(24-15-10-12(2)7-8-13(15)3)19(23)20-11-17-21-18(22-25-17)16-6-5-9-26-16/h5-10,14H,4,11H2,1-3H3,(H,20,23). The molecule has 0 aliphatic rings. The number of carbonyl (C=O) groups is 1. The van der Waals surface area contributed by atoms with Crippen molar-refractivity contribution in [1.82, 2.24) is 15.5 Å². The normalized spacial score (nSPS) is 12.0. The smallest absolute Gasteiger partial charge is 0.261 e. The maximum absolute atomic E-state index is 12.5. The third-order valence-corrected chi connectivity index (χ3v) is 4.77. The van der Waals surface area contributed by atoms with E-state index in [1.807, 2.05) is 56.5 Å². The lowest BCUT2D eigenvalue weighted by atomic mass is 10.1. The minimum absolute atomic E-state index is 0.171. The highest BCUT2D eigenvalue weighted by Gasteiger charge is 2.20. The molecule has 26 heavy (non-hydrogen) atoms. The summed E-state index contributed by atoms with van der Waals surface area (Å²) >= 11 is 1.53. The molecule has 1 aromatic carbocycles. The van der Waals surface area contributed by atoms with Crippen LogP contribution in [0.5, 0.6) is 5.75 Å². The van der Waals surface area contributed by atoms with Gasteiger partial charge in [-0.25, -0.2) is 0 Å². The van der Waals surface area contributed by atoms with Gasteiger partial charge >= 0.3 is 0 Å². The molecule has 1 atom stereocenters. The van der Waals surface area contributed by atoms with Gasteiger partial charge in [-0.05, 0) is 48.9 Å². The molecule has 3 rings (SSSR count). The third-order valence-electron chi connectivity index (χ3n) is 3.90. The quantitative estimate of drug-likeness (QED) is 0.682. The summed E-state index contributed by atoms with van der Waals surface area (Å²) in [6.45, 7) is 6.04. The van der Waals surface area contributed by atoms with Crippen molar-refractivity contribution in [2.75, 3.05) is 0 Å². The lowest BCUT2D eigenvalue weighted by Gasteiger charge is -2.18. The average Bonchev–Trinajstić information content (AvgIpc) is 3.31. The first-order valence-electron chi connectivity index (χ1n) is 8.45. The Kier molecular flexibility index (Phi) is 5.68. The highest BCUT2D eigenvalue weighted by Crippen LogP contribution is 2.22. The van der Waals surface area contributed by atoms with Crippen molar-refractivity contribution >= 4 is 17.2 Å². The van der Waals surface area contributed by atoms with Crippen LogP contribution in [0.3, 0.4) is 0 Å². The summed E-state index contributed by atoms with van der Waals surface area (Å²) in [7, 11) is 0. The summed E-state index contributed by atoms with van der Waals surface area (Å²) in [6.07, 6.45) is -0.0149. The van der Waals surface area contributed by atoms with Gasteiger partial charge in [0, 0.05) is 0 Å². The van der Waals surface area contributed by atoms with Gasteiger partial charge in [0.25, 0.3) is 5.91 Å². The van der Waals surface area contributed by atoms with E-state index in [9.17, 15) is 4.79 Å². The van der Waals surface area contributed by atoms with Crippen LogP contribution in [0.1, 0.15) is 30.4 Å². The van der Waals surface area contributed by atoms with Crippen molar-refractivity contribution in [3.05, 3.63) is 52.7 Å². The van der Waals surface area contributed by atoms with E-state index in [2.05, 4.69) is 15.5 Å². The zero-order valence-corrected chi connectivity index (χ0v) is 15.8. The Labute approximate surface area is 156 Å². The fraction of sp³-hybridized carbons (Fsp3) is 0.316. The molecule has 0 spiro atoms. The topological polar surface area (TPSA) is 77.2 Å². The molecule has 2 heterocycles. The molecular weight excluding hydrogens is 350 g/mol. The molecule has 0 radical (unpaired) electrons. The van der Waals surface area contributed by atoms with Crippen LogP contribution in [0.25, 0.3) is 10.7 Å². The number of thiophene rings is 1. The van der Waals surface area contributed by atoms with E-state index in [1.54, 1.807) is 0 Å². The molecule has 0 aliphatic heterocycles. The Morgan fingerprint density at radius 3 is 2.92 bits per heavy atom. The highest BCUT2D eigenvalue weighted by molar-refractivity contribution is 7.13. The van der Waals surface area contributed by atoms with Crippen molar-refractivity contribution in [3.63, 3.8) is 0 Å². The molecule has 1 unspecified atom stereocenters. The minimum Gasteiger partial charge on any atom is -0.480 e. The van der Waals surface area contributed by atoms with Crippen molar-refractivity contribution in [3.8, 4) is 16.5 Å². The number of nitrogens with zero attached hydrogens (tertiary/aromatic N) is 2. The number of hydrogen-bond donors (Lipinski definition) is 1. The number of amides is 1. The van der Waals surface area contributed by atoms with Crippen molar-refractivity contribution in [1.29, 1.82) is 0 Å². The summed E-state index contributed by atoms with van der Waals surface area (Å²) in [4.78, 5) is 17.7. The lowest BCUT2D eigenvalue weighted by molar-refractivity contribution is -0.128. The Morgan fingerprint density at radius 2 is 2.19 bits per heavy atom. The maximum atomic E-state index is 12.5. The van der Waals surface area contributed by atoms with Crippen LogP contribution in [0.4, 0.5) is 0 Å². The van der Waals surface area contributed by atoms with Gasteiger partial charge in [-0.2, -0.15) is 4.98 Å². The number of hydrogen-bond acceptors (Lipinski definition) is 6. The first-order chi connectivity index (χ1) is 12.6. The van der Waals surface area contributed by atoms with E-state index in [0.29, 0.717) is 18.1 Å². The van der Waals surface area contributed by atoms with E-state index in [1.165, 1.54) is 11.3 Å². The van der Waals surface area contributed by atoms with E-state index >= 15 is 0 Å². The SMILES string of the molecule is CCC(Oc1cc(C)ccc1C)C(=O)NCc1nc(-c2cccs2)no1. The molecule has 0 bridgehead atoms. The maximum Gasteiger partial charge on any atom is 0.261 e. The number of rotatable bonds is 7. The average molecular weight is 371 g/mol. The summed E-state index contributed by atoms with van der Waals surface area (Å²) in [5.41, 5.74) is 2.09. The van der Waals surface area contributed by atoms with Crippen LogP contribution in [-0.2, 0) is 11.3 Å². The van der Waals surface area contributed by atoms with Crippen molar-refractivity contribution in [2.45, 2.75) is 39.8 Å². The van der Waals surface area contributed by atoms with Crippen LogP contribution >= 0.6 is 11.3 Å². The second kappa shape index (κ2) is 8.14. The Morgan fingerprint density at radius 1 is 1.35 bits per heavy atom. The number of aryl methyl sites for hydroxylation is 2. The Balaban J connectivity index is 1.60. The number of nitrogens with one attached hydrogen (secondary N) is 1. The summed E-state index contributed by atoms with van der Waals surface area (Å²) in [6, 6.07) is 9.79. The van der Waals surface area contributed by atoms with Gasteiger partial charge in [0.15, 0.2) is 6.10 Å². The molecule has 0 aliphatic carbocycles. The minimum atomic E-state index is -0.574. The molecule has 0 saturated carbocycles. The first-order valence-corrected chi connectivity index (χ1v) is 9.33. The van der Waals surface area contributed by atoms with Crippen LogP contribution in [-0.4, -0.2) is 22.2 Å². The predicted octanol–water partition coefficient (Wildman–Crippen LogP) is 3.89. The first kappa shape index (κ1) is 18.1. The van der Waals surface area contributed by atoms with Crippen LogP contribution in [0, 0.1) is 13.8 Å². The summed E-state index contributed by atoms with van der Waals surface area (Å²) < 4.78 is 11.1. The molecule has 3 aromatic rings. The monoisotopic (exact) mass is 371 g/mol.